The Morgan fingerprint density at radius 3 is 2.34 bits per heavy atom. The smallest absolute Gasteiger partial charge is 0.435 e. The van der Waals surface area contributed by atoms with Crippen LogP contribution in [0.2, 0.25) is 0 Å². The Bertz CT molecular complexity index is 998. The van der Waals surface area contributed by atoms with Crippen molar-refractivity contribution in [3.63, 3.8) is 0 Å². The molecule has 2 bridgehead atoms. The van der Waals surface area contributed by atoms with Gasteiger partial charge in [0.05, 0.1) is 17.4 Å². The Balaban J connectivity index is 1.74. The normalized spacial score (nSPS) is 25.4. The van der Waals surface area contributed by atoms with Crippen molar-refractivity contribution >= 4 is 17.7 Å². The highest BCUT2D eigenvalue weighted by Crippen LogP contribution is 2.49. The van der Waals surface area contributed by atoms with Gasteiger partial charge in [-0.2, -0.15) is 18.3 Å². The van der Waals surface area contributed by atoms with Crippen LogP contribution in [0.5, 0.6) is 0 Å². The van der Waals surface area contributed by atoms with E-state index >= 15 is 0 Å². The molecule has 0 unspecified atom stereocenters. The van der Waals surface area contributed by atoms with Gasteiger partial charge in [0.1, 0.15) is 5.82 Å². The van der Waals surface area contributed by atoms with E-state index in [1.807, 2.05) is 6.08 Å². The Kier molecular flexibility index (Phi) is 4.48. The molecule has 1 heterocycles. The van der Waals surface area contributed by atoms with E-state index in [2.05, 4.69) is 10.4 Å². The van der Waals surface area contributed by atoms with Gasteiger partial charge < -0.3 is 10.4 Å². The SMILES string of the molecule is Cn1nc(C(F)(F)F)c(-c2ccccc2)c1NC(=O)[C@H]1[C@@H](C(=O)O)[C@@H]2C=C[C@@H]1C2. The summed E-state index contributed by atoms with van der Waals surface area (Å²) in [5.74, 6) is -4.00. The number of rotatable bonds is 4. The summed E-state index contributed by atoms with van der Waals surface area (Å²) in [6.07, 6.45) is -0.546. The summed E-state index contributed by atoms with van der Waals surface area (Å²) >= 11 is 0. The lowest BCUT2D eigenvalue weighted by molar-refractivity contribution is -0.146. The second-order valence-corrected chi connectivity index (χ2v) is 7.39. The van der Waals surface area contributed by atoms with Crippen LogP contribution in [0.4, 0.5) is 19.0 Å². The molecule has 2 aliphatic carbocycles. The van der Waals surface area contributed by atoms with E-state index in [0.29, 0.717) is 6.42 Å². The van der Waals surface area contributed by atoms with Crippen LogP contribution in [0.15, 0.2) is 42.5 Å². The molecule has 1 fully saturated rings. The lowest BCUT2D eigenvalue weighted by atomic mass is 9.82. The monoisotopic (exact) mass is 405 g/mol. The number of carbonyl (C=O) groups excluding carboxylic acids is 1. The number of aryl methyl sites for hydroxylation is 1. The number of aliphatic carboxylic acids is 1. The molecule has 2 N–H and O–H groups in total. The number of carboxylic acid groups (broad SMARTS) is 1. The van der Waals surface area contributed by atoms with Crippen molar-refractivity contribution in [2.45, 2.75) is 12.6 Å². The van der Waals surface area contributed by atoms with E-state index in [-0.39, 0.29) is 28.8 Å². The largest absolute Gasteiger partial charge is 0.481 e. The molecule has 9 heteroatoms. The molecule has 0 saturated heterocycles. The predicted molar refractivity (Wildman–Crippen MR) is 97.6 cm³/mol. The third-order valence-electron chi connectivity index (χ3n) is 5.67. The number of fused-ring (bicyclic) bond motifs is 2. The van der Waals surface area contributed by atoms with Gasteiger partial charge in [-0.25, -0.2) is 0 Å². The van der Waals surface area contributed by atoms with Crippen LogP contribution in [0.3, 0.4) is 0 Å². The molecule has 1 aromatic heterocycles. The molecule has 1 amide bonds. The molecule has 2 aliphatic rings. The zero-order valence-corrected chi connectivity index (χ0v) is 15.3. The van der Waals surface area contributed by atoms with Gasteiger partial charge >= 0.3 is 12.1 Å². The number of hydrogen-bond acceptors (Lipinski definition) is 3. The lowest BCUT2D eigenvalue weighted by Crippen LogP contribution is -2.36. The summed E-state index contributed by atoms with van der Waals surface area (Å²) in [5.41, 5.74) is -1.09. The summed E-state index contributed by atoms with van der Waals surface area (Å²) in [5, 5.41) is 15.7. The fourth-order valence-corrected chi connectivity index (χ4v) is 4.46. The molecule has 1 saturated carbocycles. The van der Waals surface area contributed by atoms with Gasteiger partial charge in [0.2, 0.25) is 5.91 Å². The zero-order valence-electron chi connectivity index (χ0n) is 15.3. The van der Waals surface area contributed by atoms with Crippen LogP contribution >= 0.6 is 0 Å². The highest BCUT2D eigenvalue weighted by atomic mass is 19.4. The molecule has 29 heavy (non-hydrogen) atoms. The molecule has 4 rings (SSSR count). The van der Waals surface area contributed by atoms with E-state index in [4.69, 9.17) is 0 Å². The zero-order chi connectivity index (χ0) is 20.9. The molecule has 4 atom stereocenters. The minimum atomic E-state index is -4.72. The fraction of sp³-hybridized carbons (Fsp3) is 0.350. The van der Waals surface area contributed by atoms with Crippen LogP contribution in [-0.4, -0.2) is 26.8 Å². The van der Waals surface area contributed by atoms with Gasteiger partial charge in [-0.3, -0.25) is 14.3 Å². The number of alkyl halides is 3. The number of halogens is 3. The summed E-state index contributed by atoms with van der Waals surface area (Å²) in [6.45, 7) is 0. The number of anilines is 1. The summed E-state index contributed by atoms with van der Waals surface area (Å²) in [4.78, 5) is 24.7. The summed E-state index contributed by atoms with van der Waals surface area (Å²) < 4.78 is 41.7. The fourth-order valence-electron chi connectivity index (χ4n) is 4.46. The summed E-state index contributed by atoms with van der Waals surface area (Å²) in [6, 6.07) is 7.86. The number of carboxylic acids is 1. The minimum Gasteiger partial charge on any atom is -0.481 e. The highest BCUT2D eigenvalue weighted by molar-refractivity contribution is 5.99. The van der Waals surface area contributed by atoms with E-state index in [0.717, 1.165) is 4.68 Å². The topological polar surface area (TPSA) is 84.2 Å². The van der Waals surface area contributed by atoms with E-state index in [1.165, 1.54) is 19.2 Å². The van der Waals surface area contributed by atoms with Crippen molar-refractivity contribution in [3.8, 4) is 11.1 Å². The van der Waals surface area contributed by atoms with Gasteiger partial charge in [0.25, 0.3) is 0 Å². The first kappa shape index (κ1) is 19.2. The first-order chi connectivity index (χ1) is 13.7. The number of amides is 1. The Morgan fingerprint density at radius 2 is 1.76 bits per heavy atom. The minimum absolute atomic E-state index is 0.107. The van der Waals surface area contributed by atoms with Crippen LogP contribution in [0.25, 0.3) is 11.1 Å². The van der Waals surface area contributed by atoms with Crippen molar-refractivity contribution in [1.82, 2.24) is 9.78 Å². The average Bonchev–Trinajstić information content (AvgIpc) is 3.35. The van der Waals surface area contributed by atoms with Crippen molar-refractivity contribution < 1.29 is 27.9 Å². The van der Waals surface area contributed by atoms with Crippen molar-refractivity contribution in [3.05, 3.63) is 48.2 Å². The first-order valence-corrected chi connectivity index (χ1v) is 9.10. The lowest BCUT2D eigenvalue weighted by Gasteiger charge is -2.24. The quantitative estimate of drug-likeness (QED) is 0.762. The van der Waals surface area contributed by atoms with Crippen LogP contribution < -0.4 is 5.32 Å². The summed E-state index contributed by atoms with van der Waals surface area (Å²) in [7, 11) is 1.31. The maximum absolute atomic E-state index is 13.6. The second-order valence-electron chi connectivity index (χ2n) is 7.39. The molecule has 0 spiro atoms. The van der Waals surface area contributed by atoms with Gasteiger partial charge in [-0.05, 0) is 23.8 Å². The maximum Gasteiger partial charge on any atom is 0.435 e. The molecule has 1 aromatic carbocycles. The number of benzene rings is 1. The van der Waals surface area contributed by atoms with E-state index in [1.54, 1.807) is 24.3 Å². The second kappa shape index (κ2) is 6.75. The van der Waals surface area contributed by atoms with Crippen molar-refractivity contribution in [2.24, 2.45) is 30.7 Å². The molecule has 0 radical (unpaired) electrons. The molecular weight excluding hydrogens is 387 g/mol. The van der Waals surface area contributed by atoms with Crippen molar-refractivity contribution in [1.29, 1.82) is 0 Å². The predicted octanol–water partition coefficient (Wildman–Crippen LogP) is 3.57. The van der Waals surface area contributed by atoms with Gasteiger partial charge in [0, 0.05) is 7.05 Å². The van der Waals surface area contributed by atoms with Crippen molar-refractivity contribution in [2.75, 3.05) is 5.32 Å². The third kappa shape index (κ3) is 3.20. The molecule has 0 aliphatic heterocycles. The Morgan fingerprint density at radius 1 is 1.14 bits per heavy atom. The molecule has 152 valence electrons. The Labute approximate surface area is 164 Å². The number of allylic oxidation sites excluding steroid dienone is 2. The number of hydrogen-bond donors (Lipinski definition) is 2. The first-order valence-electron chi connectivity index (χ1n) is 9.10. The third-order valence-corrected chi connectivity index (χ3v) is 5.67. The molecule has 2 aromatic rings. The molecule has 6 nitrogen and oxygen atoms in total. The van der Waals surface area contributed by atoms with Crippen LogP contribution in [0, 0.1) is 23.7 Å². The highest BCUT2D eigenvalue weighted by Gasteiger charge is 2.52. The standard InChI is InChI=1S/C20H18F3N3O3/c1-26-17(15(10-5-3-2-4-6-10)16(25-26)20(21,22)23)24-18(27)13-11-7-8-12(9-11)14(13)19(28)29/h2-8,11-14H,9H2,1H3,(H,24,27)(H,28,29)/t11-,12-,13-,14+/m1/s1. The molecular formula is C20H18F3N3O3. The Hall–Kier alpha value is -3.10. The number of nitrogens with one attached hydrogen (secondary N) is 1. The number of carbonyl (C=O) groups is 2. The maximum atomic E-state index is 13.6. The average molecular weight is 405 g/mol. The van der Waals surface area contributed by atoms with Gasteiger partial charge in [0.15, 0.2) is 5.69 Å². The number of aromatic nitrogens is 2. The van der Waals surface area contributed by atoms with E-state index in [9.17, 15) is 27.9 Å². The van der Waals surface area contributed by atoms with Crippen LogP contribution in [0.1, 0.15) is 12.1 Å². The number of nitrogens with zero attached hydrogens (tertiary/aromatic N) is 2. The van der Waals surface area contributed by atoms with E-state index < -0.39 is 35.6 Å². The van der Waals surface area contributed by atoms with Gasteiger partial charge in [-0.1, -0.05) is 42.5 Å². The van der Waals surface area contributed by atoms with Crippen LogP contribution in [-0.2, 0) is 22.8 Å². The van der Waals surface area contributed by atoms with Gasteiger partial charge in [-0.15, -0.1) is 0 Å².